The number of primary amides is 2. The van der Waals surface area contributed by atoms with E-state index in [2.05, 4.69) is 58.5 Å². The molecule has 5 heterocycles. The smallest absolute Gasteiger partial charge is 0.246 e. The number of carbonyl (C=O) groups is 16. The van der Waals surface area contributed by atoms with Gasteiger partial charge in [-0.25, -0.2) is 0 Å². The first kappa shape index (κ1) is 81.3. The lowest BCUT2D eigenvalue weighted by Crippen LogP contribution is -2.62. The number of unbranched alkanes of at least 4 members (excludes halogenated alkanes) is 1. The molecule has 101 heavy (non-hydrogen) atoms. The summed E-state index contributed by atoms with van der Waals surface area (Å²) in [6.07, 6.45) is -1.23. The van der Waals surface area contributed by atoms with Crippen LogP contribution in [-0.4, -0.2) is 248 Å². The second-order valence-corrected chi connectivity index (χ2v) is 28.7. The van der Waals surface area contributed by atoms with Gasteiger partial charge in [-0.1, -0.05) is 112 Å². The molecule has 5 saturated heterocycles. The van der Waals surface area contributed by atoms with Crippen LogP contribution in [0.5, 0.6) is 0 Å². The molecule has 0 aromatic heterocycles. The average molecular weight is 1460 g/mol. The van der Waals surface area contributed by atoms with Crippen molar-refractivity contribution in [1.82, 2.24) is 73.2 Å². The van der Waals surface area contributed by atoms with Crippen molar-refractivity contribution in [1.29, 1.82) is 0 Å². The topological polar surface area (TPSA) is 508 Å². The summed E-state index contributed by atoms with van der Waals surface area (Å²) >= 11 is 0. The molecule has 0 spiro atoms. The second-order valence-electron chi connectivity index (χ2n) is 26.2. The van der Waals surface area contributed by atoms with Crippen molar-refractivity contribution in [2.75, 3.05) is 44.3 Å². The van der Waals surface area contributed by atoms with Gasteiger partial charge >= 0.3 is 0 Å². The van der Waals surface area contributed by atoms with E-state index in [0.29, 0.717) is 31.2 Å². The largest absolute Gasteiger partial charge is 0.394 e. The van der Waals surface area contributed by atoms with Crippen LogP contribution >= 0.6 is 21.6 Å². The third-order valence-electron chi connectivity index (χ3n) is 18.7. The lowest BCUT2D eigenvalue weighted by Gasteiger charge is -2.35. The van der Waals surface area contributed by atoms with Gasteiger partial charge in [0.05, 0.1) is 32.1 Å². The number of carbonyl (C=O) groups excluding carboxylic acids is 16. The van der Waals surface area contributed by atoms with Gasteiger partial charge in [-0.2, -0.15) is 0 Å². The van der Waals surface area contributed by atoms with Crippen LogP contribution in [0.2, 0.25) is 0 Å². The van der Waals surface area contributed by atoms with E-state index in [1.807, 2.05) is 0 Å². The summed E-state index contributed by atoms with van der Waals surface area (Å²) in [6.45, 7) is 7.83. The number of nitrogens with one attached hydrogen (secondary N) is 11. The maximum Gasteiger partial charge on any atom is 0.246 e. The SMILES string of the molecule is CCCCC1NC(=O)[C@@H]2CSSC[C@H](NC(=O)[C@H]([C@@H](C)CC)NC(=O)[C@@H]3CCCN3C(=O)[C@@H]3CCCN3C(=O)[C@H]([C@@H](C)CC)NC(=O)[C@H](CO)NC(=O)[C@H](Cc3ccccc3)NC1=O)C(=O)N[C@@H](CC(N)=O)C(=O)N1CCC[C@H]1C(=O)N[C@@H](CC(N)=O)C(=O)NCC(=O)N[C@@H]([C@@H](C)O)C(=O)N2. The molecular formula is C65H98N16O18S2. The van der Waals surface area contributed by atoms with Gasteiger partial charge in [0.1, 0.15) is 78.5 Å². The van der Waals surface area contributed by atoms with Crippen molar-refractivity contribution < 1.29 is 86.9 Å². The molecule has 6 rings (SSSR count). The van der Waals surface area contributed by atoms with Gasteiger partial charge in [-0.05, 0) is 69.3 Å². The number of nitrogens with two attached hydrogens (primary N) is 2. The number of aliphatic hydroxyl groups is 2. The third kappa shape index (κ3) is 22.7. The Balaban J connectivity index is 1.49. The van der Waals surface area contributed by atoms with E-state index >= 15 is 0 Å². The quantitative estimate of drug-likeness (QED) is 0.0731. The summed E-state index contributed by atoms with van der Waals surface area (Å²) in [5.41, 5.74) is 11.7. The maximum atomic E-state index is 15.0. The number of benzene rings is 1. The fourth-order valence-corrected chi connectivity index (χ4v) is 14.8. The molecule has 36 heteroatoms. The first-order valence-electron chi connectivity index (χ1n) is 34.4. The number of hydrogen-bond donors (Lipinski definition) is 15. The molecule has 16 amide bonds. The Bertz CT molecular complexity index is 3210. The molecule has 1 aromatic carbocycles. The van der Waals surface area contributed by atoms with Crippen LogP contribution < -0.4 is 70.0 Å². The fourth-order valence-electron chi connectivity index (χ4n) is 12.5. The highest BCUT2D eigenvalue weighted by molar-refractivity contribution is 8.76. The summed E-state index contributed by atoms with van der Waals surface area (Å²) in [4.78, 5) is 232. The second kappa shape index (κ2) is 39.0. The first-order valence-corrected chi connectivity index (χ1v) is 36.9. The molecule has 5 fully saturated rings. The standard InChI is InChI=1S/C65H98N16O18S2/c1-7-10-19-37-54(88)70-38(26-36-17-12-11-13-18-36)55(89)73-41(30-82)56(90)78-51(34(5)9-3)65(99)81-25-16-22-46(81)64(98)80-24-15-21-45(80)60(94)77-50(33(4)8-2)61(95)74-43-32-101-100-31-42(57(91)69-37)75-62(96)52(35(6)83)76-49(86)29-68-53(87)39(27-47(66)84)71-59(93)44-20-14-23-79(44)63(97)40(28-48(67)85)72-58(43)92/h11-13,17-18,33-35,37-46,50-52,82-83H,7-10,14-16,19-32H2,1-6H3,(H2,66,84)(H2,67,85)(H,68,87)(H,69,91)(H,70,88)(H,71,93)(H,72,92)(H,73,89)(H,74,95)(H,75,96)(H,76,86)(H,77,94)(H,78,90)/t33-,34-,35+,37?,38-,39-,40-,41-,42-,43-,44-,45-,46-,50-,51-,52-/m0/s1. The zero-order chi connectivity index (χ0) is 74.4. The molecule has 2 bridgehead atoms. The molecule has 17 N–H and O–H groups in total. The van der Waals surface area contributed by atoms with Crippen LogP contribution in [0.1, 0.15) is 131 Å². The van der Waals surface area contributed by atoms with Gasteiger partial charge in [-0.3, -0.25) is 76.7 Å². The van der Waals surface area contributed by atoms with Crippen molar-refractivity contribution in [3.8, 4) is 0 Å². The molecule has 0 aliphatic carbocycles. The highest BCUT2D eigenvalue weighted by Crippen LogP contribution is 2.29. The lowest BCUT2D eigenvalue weighted by molar-refractivity contribution is -0.149. The Morgan fingerprint density at radius 3 is 1.50 bits per heavy atom. The van der Waals surface area contributed by atoms with Crippen molar-refractivity contribution in [2.24, 2.45) is 23.3 Å². The third-order valence-corrected chi connectivity index (χ3v) is 21.1. The van der Waals surface area contributed by atoms with Crippen molar-refractivity contribution in [3.63, 3.8) is 0 Å². The van der Waals surface area contributed by atoms with Gasteiger partial charge < -0.3 is 94.9 Å². The molecule has 1 unspecified atom stereocenters. The summed E-state index contributed by atoms with van der Waals surface area (Å²) < 4.78 is 0. The van der Waals surface area contributed by atoms with Crippen molar-refractivity contribution >= 4 is 116 Å². The van der Waals surface area contributed by atoms with Crippen LogP contribution in [0.15, 0.2) is 30.3 Å². The Morgan fingerprint density at radius 2 is 0.950 bits per heavy atom. The Morgan fingerprint density at radius 1 is 0.495 bits per heavy atom. The molecule has 5 aliphatic heterocycles. The number of rotatable bonds is 15. The van der Waals surface area contributed by atoms with Gasteiger partial charge in [0.25, 0.3) is 0 Å². The number of amides is 16. The molecular weight excluding hydrogens is 1360 g/mol. The predicted octanol–water partition coefficient (Wildman–Crippen LogP) is -5.02. The zero-order valence-corrected chi connectivity index (χ0v) is 59.3. The minimum Gasteiger partial charge on any atom is -0.394 e. The normalized spacial score (nSPS) is 29.2. The van der Waals surface area contributed by atoms with Gasteiger partial charge in [-0.15, -0.1) is 0 Å². The maximum absolute atomic E-state index is 15.0. The number of aliphatic hydroxyl groups excluding tert-OH is 2. The molecule has 34 nitrogen and oxygen atoms in total. The minimum absolute atomic E-state index is 0.0304. The Labute approximate surface area is 593 Å². The van der Waals surface area contributed by atoms with E-state index in [4.69, 9.17) is 11.5 Å². The summed E-state index contributed by atoms with van der Waals surface area (Å²) in [6, 6.07) is -11.8. The van der Waals surface area contributed by atoms with E-state index in [9.17, 15) is 86.9 Å². The van der Waals surface area contributed by atoms with E-state index in [1.165, 1.54) is 9.80 Å². The van der Waals surface area contributed by atoms with E-state index in [-0.39, 0.29) is 71.0 Å². The number of nitrogens with zero attached hydrogens (tertiary/aromatic N) is 3. The van der Waals surface area contributed by atoms with Gasteiger partial charge in [0.2, 0.25) is 94.5 Å². The first-order chi connectivity index (χ1) is 48.0. The lowest BCUT2D eigenvalue weighted by atomic mass is 9.96. The Hall–Kier alpha value is -8.64. The molecule has 558 valence electrons. The monoisotopic (exact) mass is 1450 g/mol. The van der Waals surface area contributed by atoms with Crippen molar-refractivity contribution in [2.45, 2.75) is 216 Å². The van der Waals surface area contributed by atoms with Crippen LogP contribution in [0.4, 0.5) is 0 Å². The summed E-state index contributed by atoms with van der Waals surface area (Å²) in [5.74, 6) is -17.8. The molecule has 0 saturated carbocycles. The average Bonchev–Trinajstić information content (AvgIpc) is 1.69. The van der Waals surface area contributed by atoms with E-state index in [1.54, 1.807) is 65.0 Å². The van der Waals surface area contributed by atoms with Crippen LogP contribution in [0, 0.1) is 11.8 Å². The van der Waals surface area contributed by atoms with Crippen LogP contribution in [0.3, 0.4) is 0 Å². The van der Waals surface area contributed by atoms with Crippen molar-refractivity contribution in [3.05, 3.63) is 35.9 Å². The van der Waals surface area contributed by atoms with E-state index < -0.39 is 228 Å². The molecule has 1 aromatic rings. The van der Waals surface area contributed by atoms with Crippen LogP contribution in [-0.2, 0) is 83.1 Å². The number of hydrogen-bond acceptors (Lipinski definition) is 20. The predicted molar refractivity (Wildman–Crippen MR) is 366 cm³/mol. The zero-order valence-electron chi connectivity index (χ0n) is 57.7. The molecule has 16 atom stereocenters. The molecule has 5 aliphatic rings. The molecule has 0 radical (unpaired) electrons. The van der Waals surface area contributed by atoms with Gasteiger partial charge in [0, 0.05) is 37.6 Å². The summed E-state index contributed by atoms with van der Waals surface area (Å²) in [7, 11) is 1.64. The Kier molecular flexibility index (Phi) is 31.4. The van der Waals surface area contributed by atoms with Crippen LogP contribution in [0.25, 0.3) is 0 Å². The summed E-state index contributed by atoms with van der Waals surface area (Å²) in [5, 5.41) is 49.7. The highest BCUT2D eigenvalue weighted by Gasteiger charge is 2.47. The fraction of sp³-hybridized carbons (Fsp3) is 0.662. The number of fused-ring (bicyclic) bond motifs is 8. The minimum atomic E-state index is -1.89. The van der Waals surface area contributed by atoms with Gasteiger partial charge in [0.15, 0.2) is 0 Å². The van der Waals surface area contributed by atoms with E-state index in [0.717, 1.165) is 33.4 Å². The highest BCUT2D eigenvalue weighted by atomic mass is 33.1.